The summed E-state index contributed by atoms with van der Waals surface area (Å²) in [7, 11) is 1.62. The fraction of sp³-hybridized carbons (Fsp3) is 0.278. The summed E-state index contributed by atoms with van der Waals surface area (Å²) in [5.41, 5.74) is 1.76. The zero-order chi connectivity index (χ0) is 16.2. The van der Waals surface area contributed by atoms with Crippen molar-refractivity contribution in [1.82, 2.24) is 0 Å². The SMILES string of the molecule is COc1ccc(SCC(=O)N2CCCc3ccc(F)cc32)cc1. The maximum absolute atomic E-state index is 13.5. The molecule has 120 valence electrons. The van der Waals surface area contributed by atoms with E-state index in [4.69, 9.17) is 4.74 Å². The zero-order valence-corrected chi connectivity index (χ0v) is 13.7. The number of aryl methyl sites for hydroxylation is 1. The van der Waals surface area contributed by atoms with Gasteiger partial charge in [-0.2, -0.15) is 0 Å². The van der Waals surface area contributed by atoms with Gasteiger partial charge in [-0.1, -0.05) is 6.07 Å². The third kappa shape index (κ3) is 3.67. The molecule has 1 heterocycles. The number of benzene rings is 2. The van der Waals surface area contributed by atoms with Crippen LogP contribution < -0.4 is 9.64 Å². The second-order valence-electron chi connectivity index (χ2n) is 5.39. The first-order valence-corrected chi connectivity index (χ1v) is 8.51. The van der Waals surface area contributed by atoms with Gasteiger partial charge in [0.2, 0.25) is 5.91 Å². The molecule has 23 heavy (non-hydrogen) atoms. The standard InChI is InChI=1S/C18H18FNO2S/c1-22-15-6-8-16(9-7-15)23-12-18(21)20-10-2-3-13-4-5-14(19)11-17(13)20/h4-9,11H,2-3,10,12H2,1H3. The third-order valence-corrected chi connectivity index (χ3v) is 4.89. The van der Waals surface area contributed by atoms with Crippen LogP contribution in [0.2, 0.25) is 0 Å². The number of methoxy groups -OCH3 is 1. The average molecular weight is 331 g/mol. The number of carbonyl (C=O) groups is 1. The van der Waals surface area contributed by atoms with E-state index in [1.54, 1.807) is 18.1 Å². The molecule has 1 amide bonds. The van der Waals surface area contributed by atoms with E-state index in [2.05, 4.69) is 0 Å². The molecule has 0 saturated carbocycles. The van der Waals surface area contributed by atoms with Crippen molar-refractivity contribution in [3.8, 4) is 5.75 Å². The van der Waals surface area contributed by atoms with E-state index in [1.165, 1.54) is 23.9 Å². The second-order valence-corrected chi connectivity index (χ2v) is 6.43. The normalized spacial score (nSPS) is 13.6. The van der Waals surface area contributed by atoms with Crippen molar-refractivity contribution >= 4 is 23.4 Å². The maximum atomic E-state index is 13.5. The first-order chi connectivity index (χ1) is 11.2. The van der Waals surface area contributed by atoms with Gasteiger partial charge in [0.05, 0.1) is 12.9 Å². The van der Waals surface area contributed by atoms with Crippen LogP contribution in [0.15, 0.2) is 47.4 Å². The highest BCUT2D eigenvalue weighted by molar-refractivity contribution is 8.00. The van der Waals surface area contributed by atoms with Crippen LogP contribution in [-0.4, -0.2) is 25.3 Å². The quantitative estimate of drug-likeness (QED) is 0.796. The molecule has 0 atom stereocenters. The van der Waals surface area contributed by atoms with E-state index in [9.17, 15) is 9.18 Å². The molecule has 0 spiro atoms. The van der Waals surface area contributed by atoms with E-state index in [0.29, 0.717) is 12.3 Å². The molecule has 2 aromatic carbocycles. The number of thioether (sulfide) groups is 1. The third-order valence-electron chi connectivity index (χ3n) is 3.89. The molecule has 2 aromatic rings. The average Bonchev–Trinajstić information content (AvgIpc) is 2.59. The number of nitrogens with zero attached hydrogens (tertiary/aromatic N) is 1. The van der Waals surface area contributed by atoms with E-state index in [0.717, 1.165) is 34.7 Å². The van der Waals surface area contributed by atoms with Gasteiger partial charge >= 0.3 is 0 Å². The Morgan fingerprint density at radius 1 is 1.26 bits per heavy atom. The van der Waals surface area contributed by atoms with Crippen molar-refractivity contribution in [2.75, 3.05) is 24.3 Å². The number of anilines is 1. The first kappa shape index (κ1) is 15.9. The van der Waals surface area contributed by atoms with E-state index in [1.807, 2.05) is 24.3 Å². The minimum absolute atomic E-state index is 0.0115. The van der Waals surface area contributed by atoms with Crippen molar-refractivity contribution in [1.29, 1.82) is 0 Å². The van der Waals surface area contributed by atoms with Gasteiger partial charge in [0.25, 0.3) is 0 Å². The number of rotatable bonds is 4. The van der Waals surface area contributed by atoms with E-state index in [-0.39, 0.29) is 11.7 Å². The Morgan fingerprint density at radius 3 is 2.78 bits per heavy atom. The van der Waals surface area contributed by atoms with Crippen LogP contribution in [0.3, 0.4) is 0 Å². The van der Waals surface area contributed by atoms with Crippen molar-refractivity contribution in [2.24, 2.45) is 0 Å². The number of hydrogen-bond acceptors (Lipinski definition) is 3. The van der Waals surface area contributed by atoms with Crippen molar-refractivity contribution < 1.29 is 13.9 Å². The smallest absolute Gasteiger partial charge is 0.237 e. The largest absolute Gasteiger partial charge is 0.497 e. The summed E-state index contributed by atoms with van der Waals surface area (Å²) in [6.45, 7) is 0.651. The molecule has 5 heteroatoms. The fourth-order valence-electron chi connectivity index (χ4n) is 2.70. The Hall–Kier alpha value is -2.01. The molecule has 0 radical (unpaired) electrons. The minimum Gasteiger partial charge on any atom is -0.497 e. The fourth-order valence-corrected chi connectivity index (χ4v) is 3.48. The predicted molar refractivity (Wildman–Crippen MR) is 90.8 cm³/mol. The topological polar surface area (TPSA) is 29.5 Å². The number of ether oxygens (including phenoxy) is 1. The summed E-state index contributed by atoms with van der Waals surface area (Å²) in [4.78, 5) is 15.2. The number of halogens is 1. The van der Waals surface area contributed by atoms with Gasteiger partial charge in [-0.05, 0) is 54.8 Å². The molecular formula is C18H18FNO2S. The molecule has 1 aliphatic heterocycles. The maximum Gasteiger partial charge on any atom is 0.237 e. The highest BCUT2D eigenvalue weighted by Crippen LogP contribution is 2.29. The predicted octanol–water partition coefficient (Wildman–Crippen LogP) is 3.91. The Labute approximate surface area is 139 Å². The van der Waals surface area contributed by atoms with Gasteiger partial charge in [-0.3, -0.25) is 4.79 Å². The van der Waals surface area contributed by atoms with Crippen molar-refractivity contribution in [2.45, 2.75) is 17.7 Å². The molecule has 0 bridgehead atoms. The summed E-state index contributed by atoms with van der Waals surface area (Å²) in [5.74, 6) is 0.840. The van der Waals surface area contributed by atoms with Gasteiger partial charge in [0.15, 0.2) is 0 Å². The molecule has 0 saturated heterocycles. The highest BCUT2D eigenvalue weighted by atomic mass is 32.2. The van der Waals surface area contributed by atoms with Crippen LogP contribution in [0.5, 0.6) is 5.75 Å². The van der Waals surface area contributed by atoms with Crippen LogP contribution in [0.25, 0.3) is 0 Å². The summed E-state index contributed by atoms with van der Waals surface area (Å²) in [6.07, 6.45) is 1.81. The Morgan fingerprint density at radius 2 is 2.04 bits per heavy atom. The molecule has 1 aliphatic rings. The van der Waals surface area contributed by atoms with Gasteiger partial charge in [-0.25, -0.2) is 4.39 Å². The van der Waals surface area contributed by atoms with Gasteiger partial charge in [0.1, 0.15) is 11.6 Å². The summed E-state index contributed by atoms with van der Waals surface area (Å²) in [6, 6.07) is 12.3. The van der Waals surface area contributed by atoms with E-state index < -0.39 is 0 Å². The lowest BCUT2D eigenvalue weighted by molar-refractivity contribution is -0.116. The lowest BCUT2D eigenvalue weighted by atomic mass is 10.0. The molecule has 0 N–H and O–H groups in total. The summed E-state index contributed by atoms with van der Waals surface area (Å²) < 4.78 is 18.6. The van der Waals surface area contributed by atoms with Gasteiger partial charge in [0, 0.05) is 17.1 Å². The number of carbonyl (C=O) groups excluding carboxylic acids is 1. The van der Waals surface area contributed by atoms with Crippen LogP contribution in [0.1, 0.15) is 12.0 Å². The van der Waals surface area contributed by atoms with Crippen LogP contribution in [0.4, 0.5) is 10.1 Å². The highest BCUT2D eigenvalue weighted by Gasteiger charge is 2.22. The molecular weight excluding hydrogens is 313 g/mol. The van der Waals surface area contributed by atoms with Gasteiger partial charge < -0.3 is 9.64 Å². The first-order valence-electron chi connectivity index (χ1n) is 7.53. The number of hydrogen-bond donors (Lipinski definition) is 0. The minimum atomic E-state index is -0.300. The molecule has 0 unspecified atom stereocenters. The summed E-state index contributed by atoms with van der Waals surface area (Å²) >= 11 is 1.48. The Bertz CT molecular complexity index is 703. The Balaban J connectivity index is 1.68. The lowest BCUT2D eigenvalue weighted by Gasteiger charge is -2.29. The van der Waals surface area contributed by atoms with Crippen molar-refractivity contribution in [3.05, 3.63) is 53.8 Å². The van der Waals surface area contributed by atoms with Crippen LogP contribution in [0, 0.1) is 5.82 Å². The molecule has 0 aliphatic carbocycles. The zero-order valence-electron chi connectivity index (χ0n) is 12.9. The molecule has 3 rings (SSSR count). The van der Waals surface area contributed by atoms with Crippen molar-refractivity contribution in [3.63, 3.8) is 0 Å². The molecule has 0 fully saturated rings. The van der Waals surface area contributed by atoms with Crippen LogP contribution >= 0.6 is 11.8 Å². The number of fused-ring (bicyclic) bond motifs is 1. The monoisotopic (exact) mass is 331 g/mol. The van der Waals surface area contributed by atoms with E-state index >= 15 is 0 Å². The Kier molecular flexibility index (Phi) is 4.86. The van der Waals surface area contributed by atoms with Crippen LogP contribution in [-0.2, 0) is 11.2 Å². The lowest BCUT2D eigenvalue weighted by Crippen LogP contribution is -2.36. The van der Waals surface area contributed by atoms with Gasteiger partial charge in [-0.15, -0.1) is 11.8 Å². The molecule has 0 aromatic heterocycles. The summed E-state index contributed by atoms with van der Waals surface area (Å²) in [5, 5.41) is 0. The number of amides is 1. The molecule has 3 nitrogen and oxygen atoms in total. The second kappa shape index (κ2) is 7.04.